The first-order chi connectivity index (χ1) is 15.8. The van der Waals surface area contributed by atoms with Gasteiger partial charge in [-0.15, -0.1) is 13.2 Å². The number of alkyl halides is 3. The Balaban J connectivity index is 1.36. The summed E-state index contributed by atoms with van der Waals surface area (Å²) >= 11 is 0. The van der Waals surface area contributed by atoms with E-state index in [0.717, 1.165) is 17.7 Å². The van der Waals surface area contributed by atoms with Crippen LogP contribution in [0.5, 0.6) is 5.75 Å². The Morgan fingerprint density at radius 2 is 1.97 bits per heavy atom. The van der Waals surface area contributed by atoms with E-state index in [4.69, 9.17) is 0 Å². The monoisotopic (exact) mass is 459 g/mol. The summed E-state index contributed by atoms with van der Waals surface area (Å²) in [5.41, 5.74) is 2.02. The Bertz CT molecular complexity index is 1120. The number of H-pyrrole nitrogens is 1. The molecular weight excluding hydrogens is 439 g/mol. The van der Waals surface area contributed by atoms with Crippen LogP contribution in [0.2, 0.25) is 0 Å². The molecule has 0 radical (unpaired) electrons. The summed E-state index contributed by atoms with van der Waals surface area (Å²) in [6.45, 7) is 0.731. The van der Waals surface area contributed by atoms with Gasteiger partial charge in [-0.05, 0) is 55.3 Å². The number of likely N-dealkylation sites (tertiary alicyclic amines) is 1. The van der Waals surface area contributed by atoms with Crippen molar-refractivity contribution in [3.8, 4) is 17.0 Å². The number of hydrogen-bond donors (Lipinski definition) is 2. The van der Waals surface area contributed by atoms with Crippen LogP contribution in [0.15, 0.2) is 54.9 Å². The standard InChI is InChI=1S/C22H20F3N5O3/c23-22(24,25)33-17-7-5-16(6-8-17)27-20(31)15-4-2-10-30(13-15)21(32)19-11-18(28-29-19)14-3-1-9-26-12-14/h1,3,5-9,11-12,15H,2,4,10,13H2,(H,27,31)(H,28,29)/t15-/m1/s1. The van der Waals surface area contributed by atoms with Gasteiger partial charge in [-0.1, -0.05) is 0 Å². The molecule has 2 aromatic heterocycles. The first kappa shape index (κ1) is 22.3. The van der Waals surface area contributed by atoms with Crippen molar-refractivity contribution in [2.75, 3.05) is 18.4 Å². The average molecular weight is 459 g/mol. The van der Waals surface area contributed by atoms with Crippen molar-refractivity contribution in [2.24, 2.45) is 5.92 Å². The molecule has 3 aromatic rings. The van der Waals surface area contributed by atoms with Crippen molar-refractivity contribution in [3.63, 3.8) is 0 Å². The highest BCUT2D eigenvalue weighted by Crippen LogP contribution is 2.25. The molecule has 0 unspecified atom stereocenters. The summed E-state index contributed by atoms with van der Waals surface area (Å²) in [7, 11) is 0. The van der Waals surface area contributed by atoms with Crippen LogP contribution in [-0.2, 0) is 4.79 Å². The molecule has 11 heteroatoms. The summed E-state index contributed by atoms with van der Waals surface area (Å²) in [5, 5.41) is 9.60. The molecule has 1 saturated heterocycles. The predicted molar refractivity (Wildman–Crippen MR) is 112 cm³/mol. The molecule has 0 saturated carbocycles. The number of carbonyl (C=O) groups is 2. The fourth-order valence-corrected chi connectivity index (χ4v) is 3.62. The third-order valence-electron chi connectivity index (χ3n) is 5.20. The van der Waals surface area contributed by atoms with E-state index < -0.39 is 12.3 Å². The van der Waals surface area contributed by atoms with Gasteiger partial charge in [0.15, 0.2) is 0 Å². The molecule has 0 bridgehead atoms. The van der Waals surface area contributed by atoms with Crippen LogP contribution < -0.4 is 10.1 Å². The van der Waals surface area contributed by atoms with Crippen molar-refractivity contribution in [3.05, 3.63) is 60.6 Å². The van der Waals surface area contributed by atoms with Gasteiger partial charge in [0.1, 0.15) is 11.4 Å². The van der Waals surface area contributed by atoms with Crippen LogP contribution in [0.4, 0.5) is 18.9 Å². The van der Waals surface area contributed by atoms with E-state index in [1.807, 2.05) is 6.07 Å². The van der Waals surface area contributed by atoms with E-state index in [0.29, 0.717) is 36.5 Å². The lowest BCUT2D eigenvalue weighted by molar-refractivity contribution is -0.274. The van der Waals surface area contributed by atoms with Gasteiger partial charge in [0.2, 0.25) is 5.91 Å². The SMILES string of the molecule is O=C(Nc1ccc(OC(F)(F)F)cc1)[C@@H]1CCCN(C(=O)c2cc(-c3cccnc3)n[nH]2)C1. The van der Waals surface area contributed by atoms with E-state index in [1.165, 1.54) is 12.1 Å². The number of piperidine rings is 1. The molecule has 2 N–H and O–H groups in total. The highest BCUT2D eigenvalue weighted by molar-refractivity contribution is 5.95. The number of nitrogens with one attached hydrogen (secondary N) is 2. The van der Waals surface area contributed by atoms with E-state index in [-0.39, 0.29) is 24.1 Å². The quantitative estimate of drug-likeness (QED) is 0.604. The number of hydrogen-bond acceptors (Lipinski definition) is 5. The van der Waals surface area contributed by atoms with Crippen LogP contribution >= 0.6 is 0 Å². The second-order valence-electron chi connectivity index (χ2n) is 7.56. The Morgan fingerprint density at radius 1 is 1.18 bits per heavy atom. The van der Waals surface area contributed by atoms with Crippen molar-refractivity contribution in [2.45, 2.75) is 19.2 Å². The molecule has 1 aromatic carbocycles. The third-order valence-corrected chi connectivity index (χ3v) is 5.20. The van der Waals surface area contributed by atoms with Gasteiger partial charge in [-0.2, -0.15) is 5.10 Å². The molecule has 1 aliphatic heterocycles. The van der Waals surface area contributed by atoms with Crippen molar-refractivity contribution in [1.29, 1.82) is 0 Å². The van der Waals surface area contributed by atoms with Gasteiger partial charge < -0.3 is 15.0 Å². The first-order valence-electron chi connectivity index (χ1n) is 10.2. The smallest absolute Gasteiger partial charge is 0.406 e. The van der Waals surface area contributed by atoms with E-state index in [1.54, 1.807) is 29.4 Å². The van der Waals surface area contributed by atoms with Crippen LogP contribution in [0.3, 0.4) is 0 Å². The number of aromatic nitrogens is 3. The van der Waals surface area contributed by atoms with E-state index in [2.05, 4.69) is 25.2 Å². The Labute approximate surface area is 186 Å². The molecule has 172 valence electrons. The molecule has 1 aliphatic rings. The molecule has 4 rings (SSSR count). The molecule has 3 heterocycles. The molecule has 33 heavy (non-hydrogen) atoms. The van der Waals surface area contributed by atoms with E-state index in [9.17, 15) is 22.8 Å². The largest absolute Gasteiger partial charge is 0.573 e. The van der Waals surface area contributed by atoms with Gasteiger partial charge >= 0.3 is 6.36 Å². The lowest BCUT2D eigenvalue weighted by atomic mass is 9.96. The third kappa shape index (κ3) is 5.68. The maximum absolute atomic E-state index is 12.9. The number of aromatic amines is 1. The van der Waals surface area contributed by atoms with Crippen LogP contribution in [0, 0.1) is 5.92 Å². The van der Waals surface area contributed by atoms with Crippen LogP contribution in [0.25, 0.3) is 11.3 Å². The van der Waals surface area contributed by atoms with Gasteiger partial charge in [0.25, 0.3) is 5.91 Å². The van der Waals surface area contributed by atoms with Gasteiger partial charge in [0.05, 0.1) is 11.6 Å². The minimum Gasteiger partial charge on any atom is -0.406 e. The van der Waals surface area contributed by atoms with Crippen molar-refractivity contribution < 1.29 is 27.5 Å². The predicted octanol–water partition coefficient (Wildman–Crippen LogP) is 3.86. The average Bonchev–Trinajstić information content (AvgIpc) is 3.30. The normalized spacial score (nSPS) is 16.3. The maximum Gasteiger partial charge on any atom is 0.573 e. The van der Waals surface area contributed by atoms with Gasteiger partial charge in [-0.3, -0.25) is 19.7 Å². The zero-order chi connectivity index (χ0) is 23.4. The lowest BCUT2D eigenvalue weighted by Gasteiger charge is -2.31. The zero-order valence-corrected chi connectivity index (χ0v) is 17.3. The van der Waals surface area contributed by atoms with Gasteiger partial charge in [-0.25, -0.2) is 0 Å². The fraction of sp³-hybridized carbons (Fsp3) is 0.273. The summed E-state index contributed by atoms with van der Waals surface area (Å²) in [5.74, 6) is -1.39. The number of amides is 2. The Morgan fingerprint density at radius 3 is 2.67 bits per heavy atom. The Hall–Kier alpha value is -3.89. The zero-order valence-electron chi connectivity index (χ0n) is 17.3. The number of benzene rings is 1. The number of halogens is 3. The summed E-state index contributed by atoms with van der Waals surface area (Å²) in [6, 6.07) is 10.2. The summed E-state index contributed by atoms with van der Waals surface area (Å²) < 4.78 is 40.6. The summed E-state index contributed by atoms with van der Waals surface area (Å²) in [6.07, 6.45) is -0.254. The molecular formula is C22H20F3N5O3. The highest BCUT2D eigenvalue weighted by atomic mass is 19.4. The second kappa shape index (κ2) is 9.31. The number of anilines is 1. The lowest BCUT2D eigenvalue weighted by Crippen LogP contribution is -2.43. The van der Waals surface area contributed by atoms with E-state index >= 15 is 0 Å². The minimum atomic E-state index is -4.78. The molecule has 2 amide bonds. The fourth-order valence-electron chi connectivity index (χ4n) is 3.62. The topological polar surface area (TPSA) is 100 Å². The molecule has 1 fully saturated rings. The van der Waals surface area contributed by atoms with Crippen molar-refractivity contribution >= 4 is 17.5 Å². The van der Waals surface area contributed by atoms with Crippen molar-refractivity contribution in [1.82, 2.24) is 20.1 Å². The number of rotatable bonds is 5. The number of nitrogens with zero attached hydrogens (tertiary/aromatic N) is 3. The second-order valence-corrected chi connectivity index (χ2v) is 7.56. The first-order valence-corrected chi connectivity index (χ1v) is 10.2. The van der Waals surface area contributed by atoms with Crippen LogP contribution in [-0.4, -0.2) is 51.3 Å². The number of ether oxygens (including phenoxy) is 1. The molecule has 8 nitrogen and oxygen atoms in total. The number of carbonyl (C=O) groups excluding carboxylic acids is 2. The Kier molecular flexibility index (Phi) is 6.29. The maximum atomic E-state index is 12.9. The summed E-state index contributed by atoms with van der Waals surface area (Å²) in [4.78, 5) is 31.2. The molecule has 0 aliphatic carbocycles. The molecule has 0 spiro atoms. The number of pyridine rings is 1. The molecule has 1 atom stereocenters. The van der Waals surface area contributed by atoms with Crippen LogP contribution in [0.1, 0.15) is 23.3 Å². The highest BCUT2D eigenvalue weighted by Gasteiger charge is 2.31. The minimum absolute atomic E-state index is 0.223. The van der Waals surface area contributed by atoms with Gasteiger partial charge in [0, 0.05) is 36.7 Å².